The van der Waals surface area contributed by atoms with Crippen molar-refractivity contribution < 1.29 is 14.1 Å². The minimum atomic E-state index is -0.122. The first kappa shape index (κ1) is 22.5. The first-order chi connectivity index (χ1) is 15.6. The first-order valence-corrected chi connectivity index (χ1v) is 11.8. The summed E-state index contributed by atoms with van der Waals surface area (Å²) < 4.78 is 10.7. The van der Waals surface area contributed by atoms with Crippen molar-refractivity contribution in [1.29, 1.82) is 0 Å². The van der Waals surface area contributed by atoms with Gasteiger partial charge < -0.3 is 14.6 Å². The number of nitrogens with zero attached hydrogens (tertiary/aromatic N) is 3. The molecule has 0 spiro atoms. The average molecular weight is 453 g/mol. The third kappa shape index (κ3) is 5.76. The van der Waals surface area contributed by atoms with Crippen molar-refractivity contribution in [3.05, 3.63) is 76.8 Å². The van der Waals surface area contributed by atoms with Gasteiger partial charge in [0.2, 0.25) is 0 Å². The molecule has 8 heteroatoms. The number of thioether (sulfide) groups is 1. The number of amides is 1. The Hall–Kier alpha value is -2.68. The lowest BCUT2D eigenvalue weighted by Crippen LogP contribution is -2.43. The smallest absolute Gasteiger partial charge is 0.254 e. The van der Waals surface area contributed by atoms with Gasteiger partial charge in [0.1, 0.15) is 10.8 Å². The lowest BCUT2D eigenvalue weighted by molar-refractivity contribution is 0.0162. The van der Waals surface area contributed by atoms with Crippen LogP contribution < -0.4 is 5.32 Å². The van der Waals surface area contributed by atoms with Crippen molar-refractivity contribution >= 4 is 17.7 Å². The second-order valence-electron chi connectivity index (χ2n) is 7.86. The minimum Gasteiger partial charge on any atom is -0.379 e. The predicted molar refractivity (Wildman–Crippen MR) is 124 cm³/mol. The highest BCUT2D eigenvalue weighted by molar-refractivity contribution is 7.98. The number of hydrogen-bond donors (Lipinski definition) is 1. The fraction of sp³-hybridized carbons (Fsp3) is 0.375. The third-order valence-corrected chi connectivity index (χ3v) is 6.46. The summed E-state index contributed by atoms with van der Waals surface area (Å²) in [6.07, 6.45) is 1.70. The van der Waals surface area contributed by atoms with Crippen LogP contribution in [0.3, 0.4) is 0 Å². The summed E-state index contributed by atoms with van der Waals surface area (Å²) in [7, 11) is 0. The van der Waals surface area contributed by atoms with E-state index >= 15 is 0 Å². The number of morpholine rings is 1. The van der Waals surface area contributed by atoms with E-state index in [0.717, 1.165) is 24.5 Å². The minimum absolute atomic E-state index is 0.0913. The van der Waals surface area contributed by atoms with Crippen molar-refractivity contribution in [1.82, 2.24) is 20.4 Å². The Balaban J connectivity index is 1.46. The highest BCUT2D eigenvalue weighted by Gasteiger charge is 2.24. The molecule has 0 saturated carbocycles. The van der Waals surface area contributed by atoms with Crippen LogP contribution in [0.1, 0.15) is 39.0 Å². The molecule has 1 aliphatic heterocycles. The van der Waals surface area contributed by atoms with Crippen LogP contribution in [0, 0.1) is 13.8 Å². The molecule has 1 unspecified atom stereocenters. The van der Waals surface area contributed by atoms with Gasteiger partial charge in [0.05, 0.1) is 30.5 Å². The molecule has 0 aliphatic carbocycles. The van der Waals surface area contributed by atoms with Crippen LogP contribution in [0.15, 0.2) is 58.2 Å². The van der Waals surface area contributed by atoms with Crippen LogP contribution in [0.2, 0.25) is 0 Å². The molecular formula is C24H28N4O3S. The number of aryl methyl sites for hydroxylation is 2. The molecule has 7 nitrogen and oxygen atoms in total. The van der Waals surface area contributed by atoms with Crippen LogP contribution in [0.25, 0.3) is 0 Å². The van der Waals surface area contributed by atoms with Crippen molar-refractivity contribution in [2.45, 2.75) is 30.7 Å². The predicted octanol–water partition coefficient (Wildman–Crippen LogP) is 3.78. The molecule has 1 aromatic carbocycles. The SMILES string of the molecule is Cc1cccc(C(CNC(=O)c2cccnc2SCc2cc(C)on2)N2CCOCC2)c1. The fourth-order valence-electron chi connectivity index (χ4n) is 3.82. The molecule has 168 valence electrons. The second-order valence-corrected chi connectivity index (χ2v) is 8.83. The number of hydrogen-bond acceptors (Lipinski definition) is 7. The normalized spacial score (nSPS) is 15.4. The van der Waals surface area contributed by atoms with E-state index in [9.17, 15) is 4.79 Å². The molecule has 2 aromatic heterocycles. The number of rotatable bonds is 8. The van der Waals surface area contributed by atoms with Gasteiger partial charge in [-0.1, -0.05) is 46.7 Å². The molecule has 1 fully saturated rings. The van der Waals surface area contributed by atoms with Crippen molar-refractivity contribution in [3.8, 4) is 0 Å². The number of carbonyl (C=O) groups is 1. The van der Waals surface area contributed by atoms with Gasteiger partial charge in [-0.3, -0.25) is 9.69 Å². The zero-order chi connectivity index (χ0) is 22.3. The maximum Gasteiger partial charge on any atom is 0.254 e. The molecular weight excluding hydrogens is 424 g/mol. The standard InChI is InChI=1S/C24H28N4O3S/c1-17-5-3-6-19(13-17)22(28-9-11-30-12-10-28)15-26-23(29)21-7-4-8-25-24(21)32-16-20-14-18(2)31-27-20/h3-8,13-14,22H,9-12,15-16H2,1-2H3,(H,26,29). The number of carbonyl (C=O) groups excluding carboxylic acids is 1. The third-order valence-electron chi connectivity index (χ3n) is 5.42. The van der Waals surface area contributed by atoms with Crippen molar-refractivity contribution in [3.63, 3.8) is 0 Å². The van der Waals surface area contributed by atoms with Gasteiger partial charge in [-0.25, -0.2) is 4.98 Å². The Morgan fingerprint density at radius 2 is 2.03 bits per heavy atom. The van der Waals surface area contributed by atoms with E-state index < -0.39 is 0 Å². The Bertz CT molecular complexity index is 1050. The monoisotopic (exact) mass is 452 g/mol. The Labute approximate surface area is 192 Å². The number of ether oxygens (including phenoxy) is 1. The second kappa shape index (κ2) is 10.8. The molecule has 1 aliphatic rings. The van der Waals surface area contributed by atoms with Crippen molar-refractivity contribution in [2.75, 3.05) is 32.8 Å². The molecule has 0 bridgehead atoms. The van der Waals surface area contributed by atoms with E-state index in [1.165, 1.54) is 22.9 Å². The van der Waals surface area contributed by atoms with Gasteiger partial charge in [-0.15, -0.1) is 0 Å². The molecule has 3 heterocycles. The van der Waals surface area contributed by atoms with Crippen LogP contribution in [0.5, 0.6) is 0 Å². The van der Waals surface area contributed by atoms with Crippen LogP contribution >= 0.6 is 11.8 Å². The van der Waals surface area contributed by atoms with Gasteiger partial charge in [0, 0.05) is 37.7 Å². The number of nitrogens with one attached hydrogen (secondary N) is 1. The zero-order valence-electron chi connectivity index (χ0n) is 18.4. The molecule has 1 N–H and O–H groups in total. The van der Waals surface area contributed by atoms with Crippen LogP contribution in [-0.4, -0.2) is 53.8 Å². The maximum absolute atomic E-state index is 13.1. The molecule has 1 saturated heterocycles. The van der Waals surface area contributed by atoms with Gasteiger partial charge in [-0.2, -0.15) is 0 Å². The van der Waals surface area contributed by atoms with Gasteiger partial charge >= 0.3 is 0 Å². The number of pyridine rings is 1. The fourth-order valence-corrected chi connectivity index (χ4v) is 4.69. The lowest BCUT2D eigenvalue weighted by atomic mass is 10.0. The summed E-state index contributed by atoms with van der Waals surface area (Å²) in [6.45, 7) is 7.58. The Kier molecular flexibility index (Phi) is 7.57. The Morgan fingerprint density at radius 3 is 2.78 bits per heavy atom. The summed E-state index contributed by atoms with van der Waals surface area (Å²) in [5.74, 6) is 1.24. The van der Waals surface area contributed by atoms with Crippen LogP contribution in [0.4, 0.5) is 0 Å². The van der Waals surface area contributed by atoms with Gasteiger partial charge in [0.15, 0.2) is 0 Å². The average Bonchev–Trinajstić information content (AvgIpc) is 3.24. The molecule has 3 aromatic rings. The van der Waals surface area contributed by atoms with E-state index in [2.05, 4.69) is 51.5 Å². The largest absolute Gasteiger partial charge is 0.379 e. The summed E-state index contributed by atoms with van der Waals surface area (Å²) >= 11 is 1.48. The van der Waals surface area contributed by atoms with E-state index in [1.807, 2.05) is 19.1 Å². The van der Waals surface area contributed by atoms with Crippen molar-refractivity contribution in [2.24, 2.45) is 0 Å². The summed E-state index contributed by atoms with van der Waals surface area (Å²) in [4.78, 5) is 19.9. The zero-order valence-corrected chi connectivity index (χ0v) is 19.2. The van der Waals surface area contributed by atoms with Crippen LogP contribution in [-0.2, 0) is 10.5 Å². The van der Waals surface area contributed by atoms with Gasteiger partial charge in [0.25, 0.3) is 5.91 Å². The van der Waals surface area contributed by atoms with Gasteiger partial charge in [-0.05, 0) is 31.5 Å². The summed E-state index contributed by atoms with van der Waals surface area (Å²) in [5, 5.41) is 7.85. The lowest BCUT2D eigenvalue weighted by Gasteiger charge is -2.35. The summed E-state index contributed by atoms with van der Waals surface area (Å²) in [5.41, 5.74) is 3.81. The molecule has 1 atom stereocenters. The Morgan fingerprint density at radius 1 is 1.19 bits per heavy atom. The number of aromatic nitrogens is 2. The molecule has 4 rings (SSSR count). The van der Waals surface area contributed by atoms with E-state index in [1.54, 1.807) is 12.3 Å². The maximum atomic E-state index is 13.1. The highest BCUT2D eigenvalue weighted by atomic mass is 32.2. The van der Waals surface area contributed by atoms with E-state index in [4.69, 9.17) is 9.26 Å². The molecule has 1 amide bonds. The summed E-state index contributed by atoms with van der Waals surface area (Å²) in [6, 6.07) is 14.1. The number of benzene rings is 1. The van der Waals surface area contributed by atoms with E-state index in [0.29, 0.717) is 36.1 Å². The molecule has 0 radical (unpaired) electrons. The highest BCUT2D eigenvalue weighted by Crippen LogP contribution is 2.25. The first-order valence-electron chi connectivity index (χ1n) is 10.8. The van der Waals surface area contributed by atoms with E-state index in [-0.39, 0.29) is 11.9 Å². The topological polar surface area (TPSA) is 80.5 Å². The molecule has 32 heavy (non-hydrogen) atoms. The quantitative estimate of drug-likeness (QED) is 0.521.